The lowest BCUT2D eigenvalue weighted by atomic mass is 9.97. The van der Waals surface area contributed by atoms with Crippen molar-refractivity contribution >= 4 is 11.0 Å². The number of rotatable bonds is 7. The molecule has 5 rings (SSSR count). The maximum atomic E-state index is 13.1. The highest BCUT2D eigenvalue weighted by molar-refractivity contribution is 5.90. The van der Waals surface area contributed by atoms with E-state index in [1.165, 1.54) is 14.0 Å². The first-order valence-electron chi connectivity index (χ1n) is 13.7. The Bertz CT molecular complexity index is 1660. The first kappa shape index (κ1) is 33.3. The van der Waals surface area contributed by atoms with Crippen LogP contribution in [0.5, 0.6) is 40.2 Å². The van der Waals surface area contributed by atoms with E-state index in [4.69, 9.17) is 28.1 Å². The summed E-state index contributed by atoms with van der Waals surface area (Å²) in [6.45, 7) is 0.501. The normalized spacial score (nSPS) is 31.6. The van der Waals surface area contributed by atoms with Gasteiger partial charge in [0, 0.05) is 5.56 Å². The Balaban J connectivity index is 1.57. The molecular weight excluding hydrogens is 624 g/mol. The highest BCUT2D eigenvalue weighted by Gasteiger charge is 2.51. The summed E-state index contributed by atoms with van der Waals surface area (Å²) in [5.41, 5.74) is -1.99. The molecule has 0 saturated carbocycles. The molecule has 2 aromatic carbocycles. The molecule has 3 aromatic rings. The standard InChI is InChI=1S/C28H32O18/c1-7-14(32)18(36)21(39)27(42-7)46-26-20(38)17(35)13(6-29)43-28(26)45-25-11(31)5-9-15(33)19(37)23(44-24(9)22(25)40)8-3-10(30)16(34)12(4-8)41-2/h3-5,7,13-14,17-18,20-21,26-32,34-40H,6H2,1-2H3/t7-,13+,14-,17+,18+,20-,21+,26+,27-,28-/m0/s1. The monoisotopic (exact) mass is 656 g/mol. The molecule has 0 unspecified atom stereocenters. The van der Waals surface area contributed by atoms with Gasteiger partial charge in [0.2, 0.25) is 34.7 Å². The van der Waals surface area contributed by atoms with Crippen LogP contribution in [0, 0.1) is 0 Å². The summed E-state index contributed by atoms with van der Waals surface area (Å²) in [5, 5.41) is 114. The molecule has 2 saturated heterocycles. The van der Waals surface area contributed by atoms with Gasteiger partial charge in [0.25, 0.3) is 0 Å². The van der Waals surface area contributed by atoms with E-state index in [1.807, 2.05) is 0 Å². The Labute approximate surface area is 257 Å². The largest absolute Gasteiger partial charge is 0.504 e. The summed E-state index contributed by atoms with van der Waals surface area (Å²) < 4.78 is 32.7. The summed E-state index contributed by atoms with van der Waals surface area (Å²) in [6.07, 6.45) is -16.9. The minimum Gasteiger partial charge on any atom is -0.504 e. The molecule has 2 fully saturated rings. The van der Waals surface area contributed by atoms with Gasteiger partial charge in [0.1, 0.15) is 36.6 Å². The fourth-order valence-electron chi connectivity index (χ4n) is 5.16. The highest BCUT2D eigenvalue weighted by atomic mass is 16.8. The van der Waals surface area contributed by atoms with E-state index in [9.17, 15) is 61.0 Å². The molecule has 2 aliphatic heterocycles. The van der Waals surface area contributed by atoms with E-state index in [2.05, 4.69) is 0 Å². The smallest absolute Gasteiger partial charge is 0.235 e. The molecule has 252 valence electrons. The first-order chi connectivity index (χ1) is 21.7. The van der Waals surface area contributed by atoms with E-state index in [0.29, 0.717) is 0 Å². The molecule has 11 N–H and O–H groups in total. The molecular formula is C28H32O18. The number of aliphatic hydroxyl groups is 6. The molecule has 2 aliphatic rings. The Kier molecular flexibility index (Phi) is 9.10. The Hall–Kier alpha value is -4.11. The average Bonchev–Trinajstić information content (AvgIpc) is 3.03. The summed E-state index contributed by atoms with van der Waals surface area (Å²) in [4.78, 5) is 13.1. The van der Waals surface area contributed by atoms with Crippen LogP contribution in [-0.2, 0) is 14.2 Å². The number of aliphatic hydroxyl groups excluding tert-OH is 6. The fraction of sp³-hybridized carbons (Fsp3) is 0.464. The van der Waals surface area contributed by atoms with E-state index in [0.717, 1.165) is 18.2 Å². The van der Waals surface area contributed by atoms with Crippen LogP contribution in [0.15, 0.2) is 27.4 Å². The number of hydrogen-bond acceptors (Lipinski definition) is 18. The van der Waals surface area contributed by atoms with Crippen molar-refractivity contribution in [2.24, 2.45) is 0 Å². The highest BCUT2D eigenvalue weighted by Crippen LogP contribution is 2.47. The van der Waals surface area contributed by atoms with Crippen molar-refractivity contribution in [2.45, 2.75) is 68.3 Å². The van der Waals surface area contributed by atoms with Crippen molar-refractivity contribution < 1.29 is 84.3 Å². The number of benzene rings is 2. The quantitative estimate of drug-likeness (QED) is 0.123. The Morgan fingerprint density at radius 2 is 1.48 bits per heavy atom. The lowest BCUT2D eigenvalue weighted by Gasteiger charge is -2.45. The van der Waals surface area contributed by atoms with Crippen LogP contribution in [0.4, 0.5) is 0 Å². The van der Waals surface area contributed by atoms with Crippen molar-refractivity contribution in [3.8, 4) is 51.6 Å². The van der Waals surface area contributed by atoms with Gasteiger partial charge in [0.05, 0.1) is 25.2 Å². The number of phenols is 4. The molecule has 0 spiro atoms. The SMILES string of the molecule is COc1cc(-c2oc3c(O)c(O[C@@H]4O[C@H](CO)[C@@H](O)[C@H](O)[C@H]4O[C@@H]4O[C@@H](C)[C@H](O)[C@@H](O)[C@H]4O)c(O)cc3c(=O)c2O)cc(O)c1O. The summed E-state index contributed by atoms with van der Waals surface area (Å²) in [6, 6.07) is 2.79. The van der Waals surface area contributed by atoms with Gasteiger partial charge in [-0.2, -0.15) is 0 Å². The zero-order valence-corrected chi connectivity index (χ0v) is 24.0. The van der Waals surface area contributed by atoms with Gasteiger partial charge in [0.15, 0.2) is 41.0 Å². The second-order valence-corrected chi connectivity index (χ2v) is 10.7. The van der Waals surface area contributed by atoms with Crippen molar-refractivity contribution in [3.05, 3.63) is 28.4 Å². The van der Waals surface area contributed by atoms with Crippen LogP contribution in [0.25, 0.3) is 22.3 Å². The van der Waals surface area contributed by atoms with Gasteiger partial charge in [-0.15, -0.1) is 0 Å². The summed E-state index contributed by atoms with van der Waals surface area (Å²) >= 11 is 0. The van der Waals surface area contributed by atoms with E-state index in [1.54, 1.807) is 0 Å². The lowest BCUT2D eigenvalue weighted by Crippen LogP contribution is -2.64. The van der Waals surface area contributed by atoms with Gasteiger partial charge < -0.3 is 84.3 Å². The van der Waals surface area contributed by atoms with Crippen LogP contribution in [0.1, 0.15) is 6.92 Å². The van der Waals surface area contributed by atoms with Crippen LogP contribution in [-0.4, -0.2) is 131 Å². The van der Waals surface area contributed by atoms with Gasteiger partial charge in [-0.3, -0.25) is 4.79 Å². The second kappa shape index (κ2) is 12.6. The first-order valence-corrected chi connectivity index (χ1v) is 13.7. The molecule has 0 radical (unpaired) electrons. The predicted molar refractivity (Wildman–Crippen MR) is 148 cm³/mol. The van der Waals surface area contributed by atoms with Crippen molar-refractivity contribution in [1.29, 1.82) is 0 Å². The minimum atomic E-state index is -1.94. The van der Waals surface area contributed by atoms with E-state index < -0.39 is 125 Å². The van der Waals surface area contributed by atoms with Crippen LogP contribution >= 0.6 is 0 Å². The minimum absolute atomic E-state index is 0.182. The van der Waals surface area contributed by atoms with Crippen LogP contribution < -0.4 is 14.9 Å². The number of aromatic hydroxyl groups is 5. The zero-order chi connectivity index (χ0) is 33.8. The number of methoxy groups -OCH3 is 1. The lowest BCUT2D eigenvalue weighted by molar-refractivity contribution is -0.354. The number of hydrogen-bond donors (Lipinski definition) is 11. The zero-order valence-electron chi connectivity index (χ0n) is 24.0. The molecule has 18 heteroatoms. The second-order valence-electron chi connectivity index (χ2n) is 10.7. The van der Waals surface area contributed by atoms with Gasteiger partial charge in [-0.05, 0) is 25.1 Å². The predicted octanol–water partition coefficient (Wildman–Crippen LogP) is -1.97. The third kappa shape index (κ3) is 5.59. The maximum Gasteiger partial charge on any atom is 0.235 e. The third-order valence-corrected chi connectivity index (χ3v) is 7.76. The van der Waals surface area contributed by atoms with Gasteiger partial charge in [-0.1, -0.05) is 0 Å². The molecule has 3 heterocycles. The summed E-state index contributed by atoms with van der Waals surface area (Å²) in [7, 11) is 1.17. The number of ether oxygens (including phenoxy) is 5. The van der Waals surface area contributed by atoms with Crippen molar-refractivity contribution in [3.63, 3.8) is 0 Å². The molecule has 46 heavy (non-hydrogen) atoms. The van der Waals surface area contributed by atoms with Crippen molar-refractivity contribution in [1.82, 2.24) is 0 Å². The molecule has 18 nitrogen and oxygen atoms in total. The topological polar surface area (TPSA) is 299 Å². The third-order valence-electron chi connectivity index (χ3n) is 7.76. The molecule has 0 amide bonds. The van der Waals surface area contributed by atoms with Gasteiger partial charge >= 0.3 is 0 Å². The number of fused-ring (bicyclic) bond motifs is 1. The molecule has 0 aliphatic carbocycles. The van der Waals surface area contributed by atoms with Gasteiger partial charge in [-0.25, -0.2) is 0 Å². The summed E-state index contributed by atoms with van der Waals surface area (Å²) in [5.74, 6) is -6.05. The Morgan fingerprint density at radius 3 is 2.13 bits per heavy atom. The maximum absolute atomic E-state index is 13.1. The number of phenolic OH excluding ortho intramolecular Hbond substituents is 4. The molecule has 0 bridgehead atoms. The van der Waals surface area contributed by atoms with Crippen LogP contribution in [0.2, 0.25) is 0 Å². The molecule has 1 aromatic heterocycles. The van der Waals surface area contributed by atoms with Crippen molar-refractivity contribution in [2.75, 3.05) is 13.7 Å². The van der Waals surface area contributed by atoms with E-state index in [-0.39, 0.29) is 11.3 Å². The van der Waals surface area contributed by atoms with Crippen LogP contribution in [0.3, 0.4) is 0 Å². The van der Waals surface area contributed by atoms with E-state index >= 15 is 0 Å². The Morgan fingerprint density at radius 1 is 0.783 bits per heavy atom. The molecule has 10 atom stereocenters. The fourth-order valence-corrected chi connectivity index (χ4v) is 5.16. The average molecular weight is 657 g/mol.